The lowest BCUT2D eigenvalue weighted by Crippen LogP contribution is -2.42. The predicted molar refractivity (Wildman–Crippen MR) is 84.1 cm³/mol. The second-order valence-corrected chi connectivity index (χ2v) is 13.6. The van der Waals surface area contributed by atoms with E-state index in [-0.39, 0.29) is 0 Å². The normalized spacial score (nSPS) is 14.0. The van der Waals surface area contributed by atoms with Crippen LogP contribution in [0.3, 0.4) is 0 Å². The van der Waals surface area contributed by atoms with Gasteiger partial charge in [-0.25, -0.2) is 0 Å². The van der Waals surface area contributed by atoms with Gasteiger partial charge in [0.1, 0.15) is 0 Å². The molecule has 0 spiro atoms. The smallest absolute Gasteiger partial charge is 0.198 e. The van der Waals surface area contributed by atoms with Crippen molar-refractivity contribution in [1.82, 2.24) is 0 Å². The van der Waals surface area contributed by atoms with Gasteiger partial charge < -0.3 is 4.12 Å². The van der Waals surface area contributed by atoms with Gasteiger partial charge in [0, 0.05) is 0 Å². The van der Waals surface area contributed by atoms with Gasteiger partial charge in [-0.1, -0.05) is 50.2 Å². The first kappa shape index (κ1) is 16.9. The molecule has 0 saturated carbocycles. The summed E-state index contributed by atoms with van der Waals surface area (Å²) in [5, 5.41) is 0. The minimum Gasteiger partial charge on any atom is -0.449 e. The highest BCUT2D eigenvalue weighted by Gasteiger charge is 2.28. The van der Waals surface area contributed by atoms with E-state index in [9.17, 15) is 0 Å². The monoisotopic (exact) mass is 270 g/mol. The van der Waals surface area contributed by atoms with E-state index < -0.39 is 16.6 Å². The van der Waals surface area contributed by atoms with E-state index >= 15 is 0 Å². The van der Waals surface area contributed by atoms with Gasteiger partial charge in [-0.05, 0) is 39.0 Å². The van der Waals surface area contributed by atoms with E-state index in [0.29, 0.717) is 0 Å². The van der Waals surface area contributed by atoms with Gasteiger partial charge in [-0.2, -0.15) is 0 Å². The molecular formula is C14H30OSi2. The van der Waals surface area contributed by atoms with Crippen molar-refractivity contribution in [3.05, 3.63) is 23.6 Å². The summed E-state index contributed by atoms with van der Waals surface area (Å²) in [6.45, 7) is 13.6. The fourth-order valence-corrected chi connectivity index (χ4v) is 9.34. The van der Waals surface area contributed by atoms with Crippen molar-refractivity contribution >= 4 is 16.6 Å². The Kier molecular flexibility index (Phi) is 8.00. The molecule has 0 fully saturated rings. The summed E-state index contributed by atoms with van der Waals surface area (Å²) in [4.78, 5) is 0. The number of allylic oxidation sites excluding steroid dienone is 2. The Bertz CT molecular complexity index is 255. The maximum Gasteiger partial charge on any atom is 0.198 e. The third-order valence-corrected chi connectivity index (χ3v) is 8.81. The molecule has 0 rings (SSSR count). The number of unbranched alkanes of at least 4 members (excludes halogenated alkanes) is 2. The summed E-state index contributed by atoms with van der Waals surface area (Å²) in [5.74, 6) is 0. The molecule has 0 aliphatic heterocycles. The topological polar surface area (TPSA) is 9.23 Å². The van der Waals surface area contributed by atoms with E-state index in [2.05, 4.69) is 63.6 Å². The van der Waals surface area contributed by atoms with E-state index in [4.69, 9.17) is 4.12 Å². The molecular weight excluding hydrogens is 240 g/mol. The first-order chi connectivity index (χ1) is 7.83. The van der Waals surface area contributed by atoms with Crippen LogP contribution < -0.4 is 0 Å². The second kappa shape index (κ2) is 8.06. The van der Waals surface area contributed by atoms with E-state index in [0.717, 1.165) is 6.42 Å². The van der Waals surface area contributed by atoms with Crippen molar-refractivity contribution in [1.29, 1.82) is 0 Å². The van der Waals surface area contributed by atoms with Gasteiger partial charge in [-0.15, -0.1) is 0 Å². The third-order valence-electron chi connectivity index (χ3n) is 2.52. The summed E-state index contributed by atoms with van der Waals surface area (Å²) >= 11 is 0. The molecule has 0 unspecified atom stereocenters. The molecule has 0 bridgehead atoms. The molecule has 1 nitrogen and oxygen atoms in total. The number of hydrogen-bond acceptors (Lipinski definition) is 1. The van der Waals surface area contributed by atoms with Gasteiger partial charge in [0.15, 0.2) is 16.6 Å². The minimum atomic E-state index is -1.61. The summed E-state index contributed by atoms with van der Waals surface area (Å²) < 4.78 is 6.41. The Morgan fingerprint density at radius 1 is 0.882 bits per heavy atom. The molecule has 0 aliphatic rings. The van der Waals surface area contributed by atoms with Gasteiger partial charge >= 0.3 is 0 Å². The van der Waals surface area contributed by atoms with E-state index in [1.807, 2.05) is 0 Å². The molecule has 100 valence electrons. The van der Waals surface area contributed by atoms with Crippen molar-refractivity contribution in [2.24, 2.45) is 0 Å². The summed E-state index contributed by atoms with van der Waals surface area (Å²) in [6, 6.07) is 0. The first-order valence-electron chi connectivity index (χ1n) is 6.88. The molecule has 3 heteroatoms. The molecule has 0 amide bonds. The van der Waals surface area contributed by atoms with Crippen LogP contribution in [0.25, 0.3) is 0 Å². The van der Waals surface area contributed by atoms with Gasteiger partial charge in [0.2, 0.25) is 0 Å². The Morgan fingerprint density at radius 2 is 1.41 bits per heavy atom. The number of rotatable bonds is 8. The van der Waals surface area contributed by atoms with E-state index in [1.165, 1.54) is 19.3 Å². The zero-order valence-electron chi connectivity index (χ0n) is 12.5. The van der Waals surface area contributed by atoms with Gasteiger partial charge in [0.25, 0.3) is 0 Å². The molecule has 0 N–H and O–H groups in total. The Balaban J connectivity index is 4.31. The SMILES string of the molecule is CC/C=C/[Si](C)(C)O[Si](C)(C)/C=C/CCCC. The molecule has 0 aromatic heterocycles. The summed E-state index contributed by atoms with van der Waals surface area (Å²) in [7, 11) is -3.21. The zero-order valence-corrected chi connectivity index (χ0v) is 14.5. The average Bonchev–Trinajstić information content (AvgIpc) is 2.20. The Hall–Kier alpha value is -0.126. The number of hydrogen-bond donors (Lipinski definition) is 0. The highest BCUT2D eigenvalue weighted by Crippen LogP contribution is 2.17. The van der Waals surface area contributed by atoms with Gasteiger partial charge in [0.05, 0.1) is 0 Å². The second-order valence-electron chi connectivity index (χ2n) is 5.66. The van der Waals surface area contributed by atoms with Crippen LogP contribution in [0.2, 0.25) is 26.2 Å². The van der Waals surface area contributed by atoms with Crippen molar-refractivity contribution < 1.29 is 4.12 Å². The van der Waals surface area contributed by atoms with Crippen LogP contribution >= 0.6 is 0 Å². The van der Waals surface area contributed by atoms with E-state index in [1.54, 1.807) is 0 Å². The third kappa shape index (κ3) is 9.56. The minimum absolute atomic E-state index is 1.11. The van der Waals surface area contributed by atoms with Crippen molar-refractivity contribution in [2.45, 2.75) is 65.7 Å². The standard InChI is InChI=1S/C14H30OSi2/c1-7-9-11-12-14-17(5,6)15-16(3,4)13-10-8-2/h10,12-14H,7-9,11H2,1-6H3/b13-10+,14-12+. The fourth-order valence-electron chi connectivity index (χ4n) is 1.84. The van der Waals surface area contributed by atoms with Crippen LogP contribution in [0.1, 0.15) is 39.5 Å². The van der Waals surface area contributed by atoms with Crippen LogP contribution in [0, 0.1) is 0 Å². The molecule has 0 aliphatic carbocycles. The maximum atomic E-state index is 6.41. The summed E-state index contributed by atoms with van der Waals surface area (Å²) in [5.41, 5.74) is 4.68. The lowest BCUT2D eigenvalue weighted by molar-refractivity contribution is 0.570. The summed E-state index contributed by atoms with van der Waals surface area (Å²) in [6.07, 6.45) is 9.43. The van der Waals surface area contributed by atoms with Gasteiger partial charge in [-0.3, -0.25) is 0 Å². The van der Waals surface area contributed by atoms with Crippen LogP contribution in [0.5, 0.6) is 0 Å². The quantitative estimate of drug-likeness (QED) is 0.435. The Labute approximate surface area is 110 Å². The first-order valence-corrected chi connectivity index (χ1v) is 12.9. The fraction of sp³-hybridized carbons (Fsp3) is 0.714. The molecule has 0 atom stereocenters. The maximum absolute atomic E-state index is 6.41. The zero-order chi connectivity index (χ0) is 13.4. The average molecular weight is 271 g/mol. The molecule has 0 aromatic carbocycles. The van der Waals surface area contributed by atoms with Crippen LogP contribution in [0.4, 0.5) is 0 Å². The molecule has 17 heavy (non-hydrogen) atoms. The van der Waals surface area contributed by atoms with Crippen molar-refractivity contribution in [3.63, 3.8) is 0 Å². The largest absolute Gasteiger partial charge is 0.449 e. The molecule has 0 aromatic rings. The molecule has 0 saturated heterocycles. The lowest BCUT2D eigenvalue weighted by atomic mass is 10.2. The molecule has 0 heterocycles. The van der Waals surface area contributed by atoms with Crippen LogP contribution in [0.15, 0.2) is 23.6 Å². The predicted octanol–water partition coefficient (Wildman–Crippen LogP) is 5.20. The van der Waals surface area contributed by atoms with Crippen molar-refractivity contribution in [3.8, 4) is 0 Å². The van der Waals surface area contributed by atoms with Crippen LogP contribution in [-0.2, 0) is 4.12 Å². The van der Waals surface area contributed by atoms with Crippen LogP contribution in [-0.4, -0.2) is 16.6 Å². The molecule has 0 radical (unpaired) electrons. The highest BCUT2D eigenvalue weighted by molar-refractivity contribution is 6.89. The Morgan fingerprint density at radius 3 is 1.88 bits per heavy atom. The lowest BCUT2D eigenvalue weighted by Gasteiger charge is -2.29. The van der Waals surface area contributed by atoms with Crippen molar-refractivity contribution in [2.75, 3.05) is 0 Å². The highest BCUT2D eigenvalue weighted by atomic mass is 28.4.